The summed E-state index contributed by atoms with van der Waals surface area (Å²) in [4.78, 5) is 15.2. The van der Waals surface area contributed by atoms with Crippen molar-refractivity contribution in [2.24, 2.45) is 5.10 Å². The summed E-state index contributed by atoms with van der Waals surface area (Å²) in [5, 5.41) is 4.25. The maximum atomic E-state index is 5.21. The first-order valence-corrected chi connectivity index (χ1v) is 9.10. The lowest BCUT2D eigenvalue weighted by atomic mass is 10.0. The Balaban J connectivity index is 1.70. The molecule has 7 heteroatoms. The standard InChI is InChI=1S/C19H26N6O/c1-14(2)16-9-7-15(8-10-16)13-20-24-17-21-18(23-19(22-17)26-3)25-11-5-4-6-12-25/h7-10,13-14H,4-6,11-12H2,1-3H3,(H,21,22,23,24)/b20-13+. The fourth-order valence-corrected chi connectivity index (χ4v) is 2.85. The minimum atomic E-state index is 0.291. The van der Waals surface area contributed by atoms with Gasteiger partial charge in [-0.15, -0.1) is 0 Å². The summed E-state index contributed by atoms with van der Waals surface area (Å²) < 4.78 is 5.21. The number of methoxy groups -OCH3 is 1. The van der Waals surface area contributed by atoms with Crippen molar-refractivity contribution in [2.45, 2.75) is 39.0 Å². The van der Waals surface area contributed by atoms with Crippen molar-refractivity contribution in [2.75, 3.05) is 30.5 Å². The summed E-state index contributed by atoms with van der Waals surface area (Å²) >= 11 is 0. The third-order valence-corrected chi connectivity index (χ3v) is 4.41. The number of nitrogens with zero attached hydrogens (tertiary/aromatic N) is 5. The molecule has 7 nitrogen and oxygen atoms in total. The zero-order valence-electron chi connectivity index (χ0n) is 15.6. The highest BCUT2D eigenvalue weighted by Crippen LogP contribution is 2.19. The van der Waals surface area contributed by atoms with Crippen LogP contribution < -0.4 is 15.1 Å². The van der Waals surface area contributed by atoms with Crippen LogP contribution in [-0.2, 0) is 0 Å². The van der Waals surface area contributed by atoms with Crippen LogP contribution in [0.2, 0.25) is 0 Å². The van der Waals surface area contributed by atoms with Crippen molar-refractivity contribution in [3.8, 4) is 6.01 Å². The smallest absolute Gasteiger partial charge is 0.322 e. The molecule has 0 aliphatic carbocycles. The summed E-state index contributed by atoms with van der Waals surface area (Å²) in [6.07, 6.45) is 5.31. The van der Waals surface area contributed by atoms with E-state index in [2.05, 4.69) is 56.4 Å². The van der Waals surface area contributed by atoms with E-state index in [9.17, 15) is 0 Å². The fourth-order valence-electron chi connectivity index (χ4n) is 2.85. The van der Waals surface area contributed by atoms with Gasteiger partial charge in [-0.3, -0.25) is 0 Å². The quantitative estimate of drug-likeness (QED) is 0.633. The van der Waals surface area contributed by atoms with Gasteiger partial charge in [-0.2, -0.15) is 20.1 Å². The average molecular weight is 354 g/mol. The minimum absolute atomic E-state index is 0.291. The highest BCUT2D eigenvalue weighted by atomic mass is 16.5. The molecule has 0 bridgehead atoms. The first kappa shape index (κ1) is 18.1. The Morgan fingerprint density at radius 1 is 1.08 bits per heavy atom. The van der Waals surface area contributed by atoms with Gasteiger partial charge >= 0.3 is 6.01 Å². The van der Waals surface area contributed by atoms with Crippen LogP contribution in [0.15, 0.2) is 29.4 Å². The number of rotatable bonds is 6. The molecule has 1 aliphatic heterocycles. The van der Waals surface area contributed by atoms with Gasteiger partial charge in [0.2, 0.25) is 5.95 Å². The topological polar surface area (TPSA) is 75.5 Å². The van der Waals surface area contributed by atoms with Crippen LogP contribution in [0.3, 0.4) is 0 Å². The highest BCUT2D eigenvalue weighted by Gasteiger charge is 2.16. The molecule has 3 rings (SSSR count). The van der Waals surface area contributed by atoms with Crippen molar-refractivity contribution < 1.29 is 4.74 Å². The van der Waals surface area contributed by atoms with Gasteiger partial charge < -0.3 is 9.64 Å². The maximum Gasteiger partial charge on any atom is 0.322 e. The highest BCUT2D eigenvalue weighted by molar-refractivity contribution is 5.80. The predicted octanol–water partition coefficient (Wildman–Crippen LogP) is 3.44. The molecule has 2 aromatic rings. The number of piperidine rings is 1. The van der Waals surface area contributed by atoms with Crippen LogP contribution in [-0.4, -0.2) is 41.4 Å². The number of aromatic nitrogens is 3. The molecule has 26 heavy (non-hydrogen) atoms. The molecule has 0 radical (unpaired) electrons. The second-order valence-corrected chi connectivity index (χ2v) is 6.68. The monoisotopic (exact) mass is 354 g/mol. The molecule has 1 saturated heterocycles. The number of ether oxygens (including phenoxy) is 1. The summed E-state index contributed by atoms with van der Waals surface area (Å²) in [5.74, 6) is 1.54. The van der Waals surface area contributed by atoms with E-state index in [0.29, 0.717) is 23.8 Å². The molecule has 0 unspecified atom stereocenters. The van der Waals surface area contributed by atoms with E-state index in [4.69, 9.17) is 4.74 Å². The Labute approximate surface area is 154 Å². The summed E-state index contributed by atoms with van der Waals surface area (Å²) in [5.41, 5.74) is 5.21. The van der Waals surface area contributed by atoms with Crippen LogP contribution in [0.4, 0.5) is 11.9 Å². The van der Waals surface area contributed by atoms with Crippen LogP contribution in [0.25, 0.3) is 0 Å². The zero-order chi connectivity index (χ0) is 18.4. The van der Waals surface area contributed by atoms with Gasteiger partial charge in [0.05, 0.1) is 13.3 Å². The number of hydrogen-bond donors (Lipinski definition) is 1. The summed E-state index contributed by atoms with van der Waals surface area (Å²) in [7, 11) is 1.55. The molecule has 1 N–H and O–H groups in total. The first-order chi connectivity index (χ1) is 12.7. The molecular weight excluding hydrogens is 328 g/mol. The van der Waals surface area contributed by atoms with Crippen LogP contribution in [0.1, 0.15) is 50.2 Å². The van der Waals surface area contributed by atoms with E-state index in [0.717, 1.165) is 31.5 Å². The number of benzene rings is 1. The van der Waals surface area contributed by atoms with Gasteiger partial charge in [0.25, 0.3) is 5.95 Å². The molecule has 0 amide bonds. The number of hydrazone groups is 1. The van der Waals surface area contributed by atoms with Gasteiger partial charge in [0.15, 0.2) is 0 Å². The summed E-state index contributed by atoms with van der Waals surface area (Å²) in [6.45, 7) is 6.27. The second kappa shape index (κ2) is 8.60. The molecule has 2 heterocycles. The Morgan fingerprint density at radius 3 is 2.46 bits per heavy atom. The lowest BCUT2D eigenvalue weighted by Crippen LogP contribution is -2.31. The minimum Gasteiger partial charge on any atom is -0.467 e. The fraction of sp³-hybridized carbons (Fsp3) is 0.474. The SMILES string of the molecule is COc1nc(N/N=C/c2ccc(C(C)C)cc2)nc(N2CCCCC2)n1. The van der Waals surface area contributed by atoms with Crippen molar-refractivity contribution in [3.63, 3.8) is 0 Å². The molecular formula is C19H26N6O. The average Bonchev–Trinajstić information content (AvgIpc) is 2.69. The van der Waals surface area contributed by atoms with E-state index < -0.39 is 0 Å². The van der Waals surface area contributed by atoms with Crippen molar-refractivity contribution in [1.82, 2.24) is 15.0 Å². The van der Waals surface area contributed by atoms with Gasteiger partial charge in [-0.25, -0.2) is 5.43 Å². The molecule has 1 fully saturated rings. The van der Waals surface area contributed by atoms with Crippen molar-refractivity contribution in [1.29, 1.82) is 0 Å². The van der Waals surface area contributed by atoms with E-state index >= 15 is 0 Å². The third-order valence-electron chi connectivity index (χ3n) is 4.41. The molecule has 0 atom stereocenters. The van der Waals surface area contributed by atoms with Crippen LogP contribution in [0, 0.1) is 0 Å². The number of hydrogen-bond acceptors (Lipinski definition) is 7. The van der Waals surface area contributed by atoms with E-state index in [1.54, 1.807) is 13.3 Å². The number of anilines is 2. The van der Waals surface area contributed by atoms with E-state index in [-0.39, 0.29) is 0 Å². The Morgan fingerprint density at radius 2 is 1.81 bits per heavy atom. The van der Waals surface area contributed by atoms with E-state index in [1.165, 1.54) is 12.0 Å². The molecule has 0 spiro atoms. The molecule has 138 valence electrons. The predicted molar refractivity (Wildman–Crippen MR) is 104 cm³/mol. The number of nitrogens with one attached hydrogen (secondary N) is 1. The molecule has 1 aromatic heterocycles. The Hall–Kier alpha value is -2.70. The lowest BCUT2D eigenvalue weighted by molar-refractivity contribution is 0.378. The summed E-state index contributed by atoms with van der Waals surface area (Å²) in [6, 6.07) is 8.62. The lowest BCUT2D eigenvalue weighted by Gasteiger charge is -2.26. The molecule has 1 aromatic carbocycles. The normalized spacial score (nSPS) is 14.8. The van der Waals surface area contributed by atoms with Crippen LogP contribution in [0.5, 0.6) is 6.01 Å². The van der Waals surface area contributed by atoms with Crippen LogP contribution >= 0.6 is 0 Å². The van der Waals surface area contributed by atoms with Gasteiger partial charge in [-0.1, -0.05) is 38.1 Å². The van der Waals surface area contributed by atoms with Gasteiger partial charge in [-0.05, 0) is 36.3 Å². The van der Waals surface area contributed by atoms with Crippen molar-refractivity contribution in [3.05, 3.63) is 35.4 Å². The van der Waals surface area contributed by atoms with Crippen molar-refractivity contribution >= 4 is 18.1 Å². The van der Waals surface area contributed by atoms with Gasteiger partial charge in [0, 0.05) is 13.1 Å². The Kier molecular flexibility index (Phi) is 5.99. The van der Waals surface area contributed by atoms with Gasteiger partial charge in [0.1, 0.15) is 0 Å². The first-order valence-electron chi connectivity index (χ1n) is 9.10. The molecule has 0 saturated carbocycles. The largest absolute Gasteiger partial charge is 0.467 e. The third kappa shape index (κ3) is 4.68. The maximum absolute atomic E-state index is 5.21. The second-order valence-electron chi connectivity index (χ2n) is 6.68. The molecule has 1 aliphatic rings. The Bertz CT molecular complexity index is 738. The zero-order valence-corrected chi connectivity index (χ0v) is 15.6. The van der Waals surface area contributed by atoms with E-state index in [1.807, 2.05) is 12.1 Å².